The summed E-state index contributed by atoms with van der Waals surface area (Å²) in [4.78, 5) is 19.7. The van der Waals surface area contributed by atoms with Gasteiger partial charge in [-0.15, -0.1) is 0 Å². The number of ether oxygens (including phenoxy) is 2. The molecule has 2 heterocycles. The monoisotopic (exact) mass is 363 g/mol. The van der Waals surface area contributed by atoms with Gasteiger partial charge in [0.25, 0.3) is 5.56 Å². The zero-order chi connectivity index (χ0) is 18.8. The third kappa shape index (κ3) is 3.57. The second-order valence-electron chi connectivity index (χ2n) is 6.69. The molecule has 0 bridgehead atoms. The molecule has 0 atom stereocenters. The van der Waals surface area contributed by atoms with Crippen LogP contribution in [0.1, 0.15) is 11.4 Å². The van der Waals surface area contributed by atoms with E-state index < -0.39 is 0 Å². The molecule has 0 saturated carbocycles. The van der Waals surface area contributed by atoms with Crippen LogP contribution in [0.15, 0.2) is 47.3 Å². The van der Waals surface area contributed by atoms with Gasteiger partial charge in [-0.2, -0.15) is 0 Å². The predicted molar refractivity (Wildman–Crippen MR) is 106 cm³/mol. The topological polar surface area (TPSA) is 56.6 Å². The number of fused-ring (bicyclic) bond motifs is 2. The average molecular weight is 363 g/mol. The van der Waals surface area contributed by atoms with Crippen LogP contribution in [0, 0.1) is 0 Å². The van der Waals surface area contributed by atoms with E-state index in [-0.39, 0.29) is 12.4 Å². The molecule has 0 amide bonds. The van der Waals surface area contributed by atoms with Crippen molar-refractivity contribution in [3.05, 3.63) is 64.2 Å². The number of hydrogen-bond donors (Lipinski definition) is 0. The van der Waals surface area contributed by atoms with Crippen molar-refractivity contribution < 1.29 is 9.47 Å². The molecule has 0 unspecified atom stereocenters. The predicted octanol–water partition coefficient (Wildman–Crippen LogP) is 2.86. The van der Waals surface area contributed by atoms with Gasteiger partial charge < -0.3 is 14.4 Å². The lowest BCUT2D eigenvalue weighted by Crippen LogP contribution is -2.29. The number of nitrogens with zero attached hydrogens (tertiary/aromatic N) is 3. The molecule has 0 fully saturated rings. The van der Waals surface area contributed by atoms with E-state index in [9.17, 15) is 4.79 Å². The molecule has 4 rings (SSSR count). The highest BCUT2D eigenvalue weighted by atomic mass is 16.7. The van der Waals surface area contributed by atoms with Crippen LogP contribution < -0.4 is 15.0 Å². The van der Waals surface area contributed by atoms with Crippen LogP contribution in [0.25, 0.3) is 23.1 Å². The van der Waals surface area contributed by atoms with Crippen molar-refractivity contribution in [1.29, 1.82) is 0 Å². The van der Waals surface area contributed by atoms with Gasteiger partial charge in [-0.05, 0) is 50.0 Å². The highest BCUT2D eigenvalue weighted by molar-refractivity contribution is 5.79. The van der Waals surface area contributed by atoms with Crippen LogP contribution in [0.2, 0.25) is 0 Å². The van der Waals surface area contributed by atoms with Gasteiger partial charge >= 0.3 is 0 Å². The minimum Gasteiger partial charge on any atom is -0.454 e. The van der Waals surface area contributed by atoms with Crippen LogP contribution in [-0.2, 0) is 6.54 Å². The highest BCUT2D eigenvalue weighted by Crippen LogP contribution is 2.32. The number of hydrogen-bond acceptors (Lipinski definition) is 5. The maximum absolute atomic E-state index is 13.0. The van der Waals surface area contributed by atoms with Crippen molar-refractivity contribution in [2.45, 2.75) is 6.54 Å². The number of aromatic nitrogens is 2. The molecule has 1 aromatic heterocycles. The van der Waals surface area contributed by atoms with Gasteiger partial charge in [0.2, 0.25) is 6.79 Å². The Bertz CT molecular complexity index is 1070. The lowest BCUT2D eigenvalue weighted by molar-refractivity contribution is 0.174. The largest absolute Gasteiger partial charge is 0.454 e. The first-order valence-electron chi connectivity index (χ1n) is 8.84. The summed E-state index contributed by atoms with van der Waals surface area (Å²) in [5, 5.41) is 0.636. The summed E-state index contributed by atoms with van der Waals surface area (Å²) in [7, 11) is 3.98. The lowest BCUT2D eigenvalue weighted by atomic mass is 10.2. The Balaban J connectivity index is 1.74. The van der Waals surface area contributed by atoms with Gasteiger partial charge in [0.15, 0.2) is 11.5 Å². The van der Waals surface area contributed by atoms with E-state index in [2.05, 4.69) is 0 Å². The molecule has 0 spiro atoms. The van der Waals surface area contributed by atoms with Gasteiger partial charge in [0, 0.05) is 13.1 Å². The molecular formula is C21H21N3O3. The minimum absolute atomic E-state index is 0.0206. The fourth-order valence-electron chi connectivity index (χ4n) is 3.02. The summed E-state index contributed by atoms with van der Waals surface area (Å²) < 4.78 is 12.5. The maximum Gasteiger partial charge on any atom is 0.261 e. The van der Waals surface area contributed by atoms with Gasteiger partial charge in [-0.1, -0.05) is 24.3 Å². The van der Waals surface area contributed by atoms with Crippen molar-refractivity contribution >= 4 is 23.1 Å². The van der Waals surface area contributed by atoms with E-state index in [0.717, 1.165) is 23.6 Å². The summed E-state index contributed by atoms with van der Waals surface area (Å²) in [5.74, 6) is 2.12. The summed E-state index contributed by atoms with van der Waals surface area (Å²) >= 11 is 0. The van der Waals surface area contributed by atoms with Crippen LogP contribution >= 0.6 is 0 Å². The van der Waals surface area contributed by atoms with Gasteiger partial charge in [0.05, 0.1) is 10.9 Å². The van der Waals surface area contributed by atoms with Crippen LogP contribution in [0.3, 0.4) is 0 Å². The van der Waals surface area contributed by atoms with Gasteiger partial charge in [-0.3, -0.25) is 9.36 Å². The van der Waals surface area contributed by atoms with Crippen molar-refractivity contribution in [1.82, 2.24) is 14.5 Å². The normalized spacial score (nSPS) is 13.1. The number of benzene rings is 2. The molecular weight excluding hydrogens is 342 g/mol. The number of likely N-dealkylation sites (N-methyl/N-ethyl adjacent to an activating group) is 1. The SMILES string of the molecule is CN(C)CCn1c(/C=C/c2ccc3c(c2)OCO3)nc2ccccc2c1=O. The molecule has 0 radical (unpaired) electrons. The fraction of sp³-hybridized carbons (Fsp3) is 0.238. The molecule has 3 aromatic rings. The third-order valence-corrected chi connectivity index (χ3v) is 4.48. The summed E-state index contributed by atoms with van der Waals surface area (Å²) in [6.07, 6.45) is 3.81. The first-order chi connectivity index (χ1) is 13.1. The Kier molecular flexibility index (Phi) is 4.64. The summed E-state index contributed by atoms with van der Waals surface area (Å²) in [6.45, 7) is 1.58. The zero-order valence-electron chi connectivity index (χ0n) is 15.4. The standard InChI is InChI=1S/C21H21N3O3/c1-23(2)11-12-24-20(22-17-6-4-3-5-16(17)21(24)25)10-8-15-7-9-18-19(13-15)27-14-26-18/h3-10,13H,11-12,14H2,1-2H3/b10-8+. The second-order valence-corrected chi connectivity index (χ2v) is 6.69. The molecule has 6 heteroatoms. The Morgan fingerprint density at radius 2 is 1.93 bits per heavy atom. The molecule has 0 N–H and O–H groups in total. The molecule has 27 heavy (non-hydrogen) atoms. The molecule has 1 aliphatic heterocycles. The first kappa shape index (κ1) is 17.3. The Labute approximate surface area is 157 Å². The molecule has 138 valence electrons. The maximum atomic E-state index is 13.0. The van der Waals surface area contributed by atoms with Crippen LogP contribution in [0.4, 0.5) is 0 Å². The molecule has 1 aliphatic rings. The quantitative estimate of drug-likeness (QED) is 0.698. The summed E-state index contributed by atoms with van der Waals surface area (Å²) in [5.41, 5.74) is 1.64. The van der Waals surface area contributed by atoms with E-state index in [4.69, 9.17) is 14.5 Å². The van der Waals surface area contributed by atoms with Crippen LogP contribution in [0.5, 0.6) is 11.5 Å². The summed E-state index contributed by atoms with van der Waals surface area (Å²) in [6, 6.07) is 13.2. The lowest BCUT2D eigenvalue weighted by Gasteiger charge is -2.14. The second kappa shape index (κ2) is 7.25. The first-order valence-corrected chi connectivity index (χ1v) is 8.84. The zero-order valence-corrected chi connectivity index (χ0v) is 15.4. The van der Waals surface area contributed by atoms with E-state index in [1.54, 1.807) is 4.57 Å². The van der Waals surface area contributed by atoms with E-state index in [1.807, 2.05) is 73.6 Å². The smallest absolute Gasteiger partial charge is 0.261 e. The fourth-order valence-corrected chi connectivity index (χ4v) is 3.02. The van der Waals surface area contributed by atoms with E-state index in [1.165, 1.54) is 0 Å². The Hall–Kier alpha value is -3.12. The minimum atomic E-state index is -0.0206. The van der Waals surface area contributed by atoms with Crippen molar-refractivity contribution in [2.75, 3.05) is 27.4 Å². The van der Waals surface area contributed by atoms with E-state index in [0.29, 0.717) is 23.3 Å². The van der Waals surface area contributed by atoms with Crippen molar-refractivity contribution in [2.24, 2.45) is 0 Å². The molecule has 0 saturated heterocycles. The Morgan fingerprint density at radius 3 is 2.78 bits per heavy atom. The van der Waals surface area contributed by atoms with Gasteiger partial charge in [0.1, 0.15) is 5.82 Å². The van der Waals surface area contributed by atoms with Crippen molar-refractivity contribution in [3.63, 3.8) is 0 Å². The van der Waals surface area contributed by atoms with E-state index >= 15 is 0 Å². The molecule has 2 aromatic carbocycles. The number of para-hydroxylation sites is 1. The van der Waals surface area contributed by atoms with Gasteiger partial charge in [-0.25, -0.2) is 4.98 Å². The van der Waals surface area contributed by atoms with Crippen molar-refractivity contribution in [3.8, 4) is 11.5 Å². The molecule has 6 nitrogen and oxygen atoms in total. The highest BCUT2D eigenvalue weighted by Gasteiger charge is 2.13. The average Bonchev–Trinajstić information content (AvgIpc) is 3.13. The third-order valence-electron chi connectivity index (χ3n) is 4.48. The number of rotatable bonds is 5. The molecule has 0 aliphatic carbocycles. The Morgan fingerprint density at radius 1 is 1.11 bits per heavy atom. The van der Waals surface area contributed by atoms with Crippen LogP contribution in [-0.4, -0.2) is 41.9 Å².